The minimum absolute atomic E-state index is 0.362. The molecule has 1 nitrogen and oxygen atoms in total. The molecule has 0 fully saturated rings. The molecule has 0 aromatic carbocycles. The van der Waals surface area contributed by atoms with E-state index in [-0.39, 0.29) is 0 Å². The van der Waals surface area contributed by atoms with E-state index >= 15 is 0 Å². The van der Waals surface area contributed by atoms with Gasteiger partial charge in [0.25, 0.3) is 0 Å². The van der Waals surface area contributed by atoms with Crippen molar-refractivity contribution in [3.63, 3.8) is 0 Å². The van der Waals surface area contributed by atoms with Gasteiger partial charge in [0.05, 0.1) is 0 Å². The fourth-order valence-corrected chi connectivity index (χ4v) is 6.28. The van der Waals surface area contributed by atoms with E-state index in [2.05, 4.69) is 81.4 Å². The summed E-state index contributed by atoms with van der Waals surface area (Å²) in [5, 5.41) is 0. The van der Waals surface area contributed by atoms with Crippen LogP contribution in [0, 0.1) is 35.5 Å². The Morgan fingerprint density at radius 2 is 0.690 bits per heavy atom. The van der Waals surface area contributed by atoms with E-state index in [0.29, 0.717) is 18.6 Å². The first kappa shape index (κ1) is 41.1. The quantitative estimate of drug-likeness (QED) is 0.0833. The SMILES string of the molecule is C/C(=C/CC(=O)C/C=C(\C)CCC[C@@H](C)CCC[C@@H](C)CCCC(C)C)CCC[C@H](C)CCC[C@H](C)CCCC(C)C. The van der Waals surface area contributed by atoms with Gasteiger partial charge in [-0.2, -0.15) is 0 Å². The number of hydrogen-bond donors (Lipinski definition) is 0. The zero-order valence-corrected chi connectivity index (χ0v) is 30.7. The molecule has 0 unspecified atom stereocenters. The lowest BCUT2D eigenvalue weighted by Gasteiger charge is -2.15. The average Bonchev–Trinajstić information content (AvgIpc) is 2.90. The Bertz CT molecular complexity index is 638. The Morgan fingerprint density at radius 3 is 0.976 bits per heavy atom. The lowest BCUT2D eigenvalue weighted by atomic mass is 9.91. The molecule has 0 aromatic rings. The molecule has 42 heavy (non-hydrogen) atoms. The molecule has 248 valence electrons. The van der Waals surface area contributed by atoms with Gasteiger partial charge in [-0.3, -0.25) is 4.79 Å². The second-order valence-corrected chi connectivity index (χ2v) is 15.8. The van der Waals surface area contributed by atoms with Crippen LogP contribution in [0.2, 0.25) is 0 Å². The molecule has 0 rings (SSSR count). The summed E-state index contributed by atoms with van der Waals surface area (Å²) in [6, 6.07) is 0. The molecular weight excluding hydrogens is 508 g/mol. The van der Waals surface area contributed by atoms with Gasteiger partial charge < -0.3 is 0 Å². The molecular formula is C41H78O. The standard InChI is InChI=1S/C41H78O/c1-33(2)17-11-19-35(5)21-13-23-37(7)25-15-27-39(9)29-31-41(42)32-30-40(10)28-16-26-38(8)24-14-22-36(6)20-12-18-34(3)4/h29-30,33-38H,11-28,31-32H2,1-10H3/b39-29-,40-30+/t35-,36+,37-,38+/m1/s1. The molecule has 0 aromatic heterocycles. The zero-order valence-electron chi connectivity index (χ0n) is 30.7. The molecule has 0 heterocycles. The number of hydrogen-bond acceptors (Lipinski definition) is 1. The average molecular weight is 587 g/mol. The maximum absolute atomic E-state index is 12.5. The molecule has 0 radical (unpaired) electrons. The van der Waals surface area contributed by atoms with Gasteiger partial charge in [0.2, 0.25) is 0 Å². The highest BCUT2D eigenvalue weighted by Gasteiger charge is 2.08. The van der Waals surface area contributed by atoms with Crippen LogP contribution in [0.15, 0.2) is 23.3 Å². The summed E-state index contributed by atoms with van der Waals surface area (Å²) >= 11 is 0. The largest absolute Gasteiger partial charge is 0.299 e. The third-order valence-corrected chi connectivity index (χ3v) is 9.64. The number of allylic oxidation sites excluding steroid dienone is 4. The van der Waals surface area contributed by atoms with Crippen LogP contribution in [0.25, 0.3) is 0 Å². The van der Waals surface area contributed by atoms with E-state index in [1.807, 2.05) is 0 Å². The number of ketones is 1. The Labute approximate surface area is 266 Å². The van der Waals surface area contributed by atoms with Crippen molar-refractivity contribution in [3.8, 4) is 0 Å². The predicted octanol–water partition coefficient (Wildman–Crippen LogP) is 14.1. The first-order chi connectivity index (χ1) is 19.9. The van der Waals surface area contributed by atoms with E-state index in [1.165, 1.54) is 114 Å². The molecule has 0 amide bonds. The summed E-state index contributed by atoms with van der Waals surface area (Å²) in [6.45, 7) is 23.5. The molecule has 0 aliphatic heterocycles. The summed E-state index contributed by atoms with van der Waals surface area (Å²) in [5.41, 5.74) is 2.79. The van der Waals surface area contributed by atoms with Crippen LogP contribution in [0.1, 0.15) is 198 Å². The van der Waals surface area contributed by atoms with Crippen LogP contribution >= 0.6 is 0 Å². The van der Waals surface area contributed by atoms with E-state index in [9.17, 15) is 4.79 Å². The van der Waals surface area contributed by atoms with Crippen molar-refractivity contribution in [2.24, 2.45) is 35.5 Å². The minimum atomic E-state index is 0.362. The van der Waals surface area contributed by atoms with Crippen molar-refractivity contribution in [1.82, 2.24) is 0 Å². The third kappa shape index (κ3) is 28.0. The Hall–Kier alpha value is -0.850. The highest BCUT2D eigenvalue weighted by Crippen LogP contribution is 2.24. The normalized spacial score (nSPS) is 15.8. The lowest BCUT2D eigenvalue weighted by molar-refractivity contribution is -0.117. The highest BCUT2D eigenvalue weighted by atomic mass is 16.1. The molecule has 1 heteroatoms. The van der Waals surface area contributed by atoms with Crippen LogP contribution in [0.4, 0.5) is 0 Å². The topological polar surface area (TPSA) is 17.1 Å². The van der Waals surface area contributed by atoms with E-state index in [4.69, 9.17) is 0 Å². The maximum atomic E-state index is 12.5. The van der Waals surface area contributed by atoms with Crippen LogP contribution in [-0.2, 0) is 4.79 Å². The fraction of sp³-hybridized carbons (Fsp3) is 0.878. The molecule has 0 aliphatic carbocycles. The van der Waals surface area contributed by atoms with Gasteiger partial charge in [0.15, 0.2) is 0 Å². The van der Waals surface area contributed by atoms with E-state index < -0.39 is 0 Å². The van der Waals surface area contributed by atoms with Crippen LogP contribution in [-0.4, -0.2) is 5.78 Å². The number of carbonyl (C=O) groups excluding carboxylic acids is 1. The van der Waals surface area contributed by atoms with Crippen molar-refractivity contribution >= 4 is 5.78 Å². The number of Topliss-reactive ketones (excluding diaryl/α,β-unsaturated/α-hetero) is 1. The Balaban J connectivity index is 3.93. The van der Waals surface area contributed by atoms with Gasteiger partial charge in [-0.1, -0.05) is 169 Å². The van der Waals surface area contributed by atoms with Crippen molar-refractivity contribution in [1.29, 1.82) is 0 Å². The first-order valence-electron chi connectivity index (χ1n) is 18.7. The molecule has 0 saturated heterocycles. The molecule has 0 spiro atoms. The second kappa shape index (κ2) is 26.5. The summed E-state index contributed by atoms with van der Waals surface area (Å²) in [4.78, 5) is 12.5. The van der Waals surface area contributed by atoms with Crippen LogP contribution in [0.3, 0.4) is 0 Å². The minimum Gasteiger partial charge on any atom is -0.299 e. The van der Waals surface area contributed by atoms with E-state index in [0.717, 1.165) is 48.3 Å². The van der Waals surface area contributed by atoms with Crippen molar-refractivity contribution in [3.05, 3.63) is 23.3 Å². The molecule has 0 N–H and O–H groups in total. The summed E-state index contributed by atoms with van der Waals surface area (Å²) in [6.07, 6.45) is 29.7. The van der Waals surface area contributed by atoms with Crippen molar-refractivity contribution < 1.29 is 4.79 Å². The molecule has 0 saturated carbocycles. The van der Waals surface area contributed by atoms with Gasteiger partial charge >= 0.3 is 0 Å². The smallest absolute Gasteiger partial charge is 0.140 e. The summed E-state index contributed by atoms with van der Waals surface area (Å²) in [5.74, 6) is 5.48. The fourth-order valence-electron chi connectivity index (χ4n) is 6.28. The molecule has 0 bridgehead atoms. The van der Waals surface area contributed by atoms with Crippen molar-refractivity contribution in [2.45, 2.75) is 198 Å². The maximum Gasteiger partial charge on any atom is 0.140 e. The molecule has 0 aliphatic rings. The van der Waals surface area contributed by atoms with Crippen LogP contribution < -0.4 is 0 Å². The van der Waals surface area contributed by atoms with E-state index in [1.54, 1.807) is 0 Å². The Kier molecular flexibility index (Phi) is 26.0. The van der Waals surface area contributed by atoms with Gasteiger partial charge in [0.1, 0.15) is 5.78 Å². The summed E-state index contributed by atoms with van der Waals surface area (Å²) < 4.78 is 0. The van der Waals surface area contributed by atoms with Gasteiger partial charge in [-0.15, -0.1) is 0 Å². The van der Waals surface area contributed by atoms with Crippen LogP contribution in [0.5, 0.6) is 0 Å². The van der Waals surface area contributed by atoms with Crippen molar-refractivity contribution in [2.75, 3.05) is 0 Å². The third-order valence-electron chi connectivity index (χ3n) is 9.64. The van der Waals surface area contributed by atoms with Gasteiger partial charge in [0, 0.05) is 12.8 Å². The van der Waals surface area contributed by atoms with Gasteiger partial charge in [-0.25, -0.2) is 0 Å². The second-order valence-electron chi connectivity index (χ2n) is 15.8. The highest BCUT2D eigenvalue weighted by molar-refractivity contribution is 5.81. The Morgan fingerprint density at radius 1 is 0.429 bits per heavy atom. The predicted molar refractivity (Wildman–Crippen MR) is 191 cm³/mol. The summed E-state index contributed by atoms with van der Waals surface area (Å²) in [7, 11) is 0. The number of rotatable bonds is 28. The lowest BCUT2D eigenvalue weighted by Crippen LogP contribution is -2.00. The molecule has 4 atom stereocenters. The first-order valence-corrected chi connectivity index (χ1v) is 18.7. The van der Waals surface area contributed by atoms with Gasteiger partial charge in [-0.05, 0) is 75.0 Å². The number of carbonyl (C=O) groups is 1. The monoisotopic (exact) mass is 587 g/mol. The zero-order chi connectivity index (χ0) is 31.8.